The quantitative estimate of drug-likeness (QED) is 0.541. The zero-order valence-electron chi connectivity index (χ0n) is 13.1. The lowest BCUT2D eigenvalue weighted by atomic mass is 10.2. The smallest absolute Gasteiger partial charge is 0.291 e. The molecule has 126 valence electrons. The van der Waals surface area contributed by atoms with Crippen molar-refractivity contribution in [3.63, 3.8) is 0 Å². The SMILES string of the molecule is CCc1nnc2sc(-c3ccc(NC(=O)c4ccc(Br)o4)cc3)nn12. The summed E-state index contributed by atoms with van der Waals surface area (Å²) in [7, 11) is 0. The first-order valence-electron chi connectivity index (χ1n) is 7.52. The van der Waals surface area contributed by atoms with E-state index in [0.717, 1.165) is 27.8 Å². The number of benzene rings is 1. The van der Waals surface area contributed by atoms with Crippen molar-refractivity contribution in [2.45, 2.75) is 13.3 Å². The van der Waals surface area contributed by atoms with Gasteiger partial charge in [0.25, 0.3) is 5.91 Å². The van der Waals surface area contributed by atoms with Crippen molar-refractivity contribution in [2.75, 3.05) is 5.32 Å². The van der Waals surface area contributed by atoms with Gasteiger partial charge < -0.3 is 9.73 Å². The molecule has 3 heterocycles. The van der Waals surface area contributed by atoms with E-state index in [2.05, 4.69) is 36.5 Å². The van der Waals surface area contributed by atoms with Crippen LogP contribution in [-0.4, -0.2) is 25.7 Å². The lowest BCUT2D eigenvalue weighted by molar-refractivity contribution is 0.0995. The number of anilines is 1. The largest absolute Gasteiger partial charge is 0.444 e. The molecule has 25 heavy (non-hydrogen) atoms. The van der Waals surface area contributed by atoms with E-state index in [4.69, 9.17) is 4.42 Å². The molecule has 0 aliphatic carbocycles. The van der Waals surface area contributed by atoms with Crippen LogP contribution in [0.1, 0.15) is 23.3 Å². The van der Waals surface area contributed by atoms with Crippen LogP contribution in [0.25, 0.3) is 15.5 Å². The van der Waals surface area contributed by atoms with Crippen molar-refractivity contribution in [3.05, 3.63) is 52.7 Å². The van der Waals surface area contributed by atoms with Gasteiger partial charge in [-0.1, -0.05) is 18.3 Å². The summed E-state index contributed by atoms with van der Waals surface area (Å²) in [5.41, 5.74) is 1.63. The average Bonchev–Trinajstić information content (AvgIpc) is 3.30. The van der Waals surface area contributed by atoms with Gasteiger partial charge in [-0.15, -0.1) is 10.2 Å². The number of furan rings is 1. The molecule has 0 fully saturated rings. The van der Waals surface area contributed by atoms with E-state index in [0.29, 0.717) is 10.4 Å². The predicted octanol–water partition coefficient (Wildman–Crippen LogP) is 4.02. The Balaban J connectivity index is 1.54. The second-order valence-corrected chi connectivity index (χ2v) is 6.94. The highest BCUT2D eigenvalue weighted by Crippen LogP contribution is 2.27. The van der Waals surface area contributed by atoms with Gasteiger partial charge in [0.2, 0.25) is 4.96 Å². The van der Waals surface area contributed by atoms with Crippen LogP contribution in [-0.2, 0) is 6.42 Å². The minimum Gasteiger partial charge on any atom is -0.444 e. The summed E-state index contributed by atoms with van der Waals surface area (Å²) in [6.07, 6.45) is 0.776. The normalized spacial score (nSPS) is 11.1. The summed E-state index contributed by atoms with van der Waals surface area (Å²) in [6, 6.07) is 10.8. The van der Waals surface area contributed by atoms with E-state index in [-0.39, 0.29) is 11.7 Å². The van der Waals surface area contributed by atoms with Gasteiger partial charge in [0.15, 0.2) is 16.3 Å². The maximum atomic E-state index is 12.1. The van der Waals surface area contributed by atoms with Gasteiger partial charge in [0, 0.05) is 17.7 Å². The first kappa shape index (κ1) is 16.0. The summed E-state index contributed by atoms with van der Waals surface area (Å²) in [4.78, 5) is 12.9. The molecule has 0 unspecified atom stereocenters. The minimum atomic E-state index is -0.301. The van der Waals surface area contributed by atoms with Crippen LogP contribution in [0.5, 0.6) is 0 Å². The second-order valence-electron chi connectivity index (χ2n) is 5.21. The number of hydrogen-bond donors (Lipinski definition) is 1. The molecular formula is C16H12BrN5O2S. The topological polar surface area (TPSA) is 85.3 Å². The monoisotopic (exact) mass is 417 g/mol. The fourth-order valence-corrected chi connectivity index (χ4v) is 3.49. The van der Waals surface area contributed by atoms with Crippen LogP contribution < -0.4 is 5.32 Å². The molecule has 0 spiro atoms. The number of rotatable bonds is 4. The lowest BCUT2D eigenvalue weighted by Gasteiger charge is -2.03. The molecule has 1 N–H and O–H groups in total. The number of aryl methyl sites for hydroxylation is 1. The Bertz CT molecular complexity index is 1050. The van der Waals surface area contributed by atoms with Crippen molar-refractivity contribution in [1.29, 1.82) is 0 Å². The van der Waals surface area contributed by atoms with Crippen LogP contribution in [0.15, 0.2) is 45.5 Å². The van der Waals surface area contributed by atoms with Gasteiger partial charge in [-0.3, -0.25) is 4.79 Å². The number of fused-ring (bicyclic) bond motifs is 1. The molecule has 0 saturated carbocycles. The third-order valence-electron chi connectivity index (χ3n) is 3.56. The molecular weight excluding hydrogens is 406 g/mol. The predicted molar refractivity (Wildman–Crippen MR) is 97.8 cm³/mol. The van der Waals surface area contributed by atoms with Crippen LogP contribution in [0.2, 0.25) is 0 Å². The Kier molecular flexibility index (Phi) is 4.10. The number of aromatic nitrogens is 4. The third kappa shape index (κ3) is 3.08. The number of carbonyl (C=O) groups excluding carboxylic acids is 1. The van der Waals surface area contributed by atoms with Gasteiger partial charge in [0.1, 0.15) is 5.01 Å². The third-order valence-corrected chi connectivity index (χ3v) is 4.93. The van der Waals surface area contributed by atoms with Crippen molar-refractivity contribution in [1.82, 2.24) is 19.8 Å². The fourth-order valence-electron chi connectivity index (χ4n) is 2.32. The van der Waals surface area contributed by atoms with Crippen LogP contribution in [0.4, 0.5) is 5.69 Å². The van der Waals surface area contributed by atoms with Crippen LogP contribution in [0, 0.1) is 0 Å². The number of amides is 1. The molecule has 4 aromatic rings. The van der Waals surface area contributed by atoms with Gasteiger partial charge >= 0.3 is 0 Å². The van der Waals surface area contributed by atoms with Crippen LogP contribution in [0.3, 0.4) is 0 Å². The zero-order valence-corrected chi connectivity index (χ0v) is 15.5. The van der Waals surface area contributed by atoms with Gasteiger partial charge in [-0.25, -0.2) is 0 Å². The summed E-state index contributed by atoms with van der Waals surface area (Å²) in [5.74, 6) is 0.785. The van der Waals surface area contributed by atoms with Crippen molar-refractivity contribution in [3.8, 4) is 10.6 Å². The highest BCUT2D eigenvalue weighted by atomic mass is 79.9. The zero-order chi connectivity index (χ0) is 17.4. The molecule has 0 saturated heterocycles. The van der Waals surface area contributed by atoms with Gasteiger partial charge in [0.05, 0.1) is 0 Å². The highest BCUT2D eigenvalue weighted by Gasteiger charge is 2.13. The Morgan fingerprint density at radius 3 is 2.72 bits per heavy atom. The molecule has 1 amide bonds. The Morgan fingerprint density at radius 1 is 1.24 bits per heavy atom. The number of carbonyl (C=O) groups is 1. The van der Waals surface area contributed by atoms with Crippen molar-refractivity contribution >= 4 is 43.8 Å². The van der Waals surface area contributed by atoms with E-state index in [1.165, 1.54) is 11.3 Å². The minimum absolute atomic E-state index is 0.247. The molecule has 3 aromatic heterocycles. The number of hydrogen-bond acceptors (Lipinski definition) is 6. The summed E-state index contributed by atoms with van der Waals surface area (Å²) >= 11 is 4.66. The summed E-state index contributed by atoms with van der Waals surface area (Å²) < 4.78 is 7.52. The van der Waals surface area contributed by atoms with E-state index >= 15 is 0 Å². The Morgan fingerprint density at radius 2 is 2.04 bits per heavy atom. The number of halogens is 1. The Labute approximate surface area is 154 Å². The van der Waals surface area contributed by atoms with Crippen molar-refractivity contribution < 1.29 is 9.21 Å². The standard InChI is InChI=1S/C16H12BrN5O2S/c1-2-13-19-20-16-22(13)21-15(25-16)9-3-5-10(6-4-9)18-14(23)11-7-8-12(17)24-11/h3-8H,2H2,1H3,(H,18,23). The molecule has 0 radical (unpaired) electrons. The Hall–Kier alpha value is -2.52. The summed E-state index contributed by atoms with van der Waals surface area (Å²) in [5, 5.41) is 16.4. The maximum Gasteiger partial charge on any atom is 0.291 e. The maximum absolute atomic E-state index is 12.1. The second kappa shape index (κ2) is 6.41. The van der Waals surface area contributed by atoms with Crippen LogP contribution >= 0.6 is 27.3 Å². The lowest BCUT2D eigenvalue weighted by Crippen LogP contribution is -2.10. The molecule has 4 rings (SSSR count). The molecule has 0 bridgehead atoms. The van der Waals surface area contributed by atoms with Crippen molar-refractivity contribution in [2.24, 2.45) is 0 Å². The molecule has 0 atom stereocenters. The molecule has 1 aromatic carbocycles. The first-order chi connectivity index (χ1) is 12.1. The van der Waals surface area contributed by atoms with Gasteiger partial charge in [-0.2, -0.15) is 9.61 Å². The summed E-state index contributed by atoms with van der Waals surface area (Å²) in [6.45, 7) is 2.02. The highest BCUT2D eigenvalue weighted by molar-refractivity contribution is 9.10. The molecule has 7 nitrogen and oxygen atoms in total. The van der Waals surface area contributed by atoms with Gasteiger partial charge in [-0.05, 0) is 52.3 Å². The average molecular weight is 418 g/mol. The molecule has 0 aliphatic rings. The number of nitrogens with one attached hydrogen (secondary N) is 1. The molecule has 9 heteroatoms. The van der Waals surface area contributed by atoms with E-state index in [1.54, 1.807) is 16.6 Å². The van der Waals surface area contributed by atoms with E-state index in [1.807, 2.05) is 31.2 Å². The van der Waals surface area contributed by atoms with E-state index < -0.39 is 0 Å². The van der Waals surface area contributed by atoms with E-state index in [9.17, 15) is 4.79 Å². The number of nitrogens with zero attached hydrogens (tertiary/aromatic N) is 4. The first-order valence-corrected chi connectivity index (χ1v) is 9.13. The molecule has 0 aliphatic heterocycles. The fraction of sp³-hybridized carbons (Fsp3) is 0.125.